The van der Waals surface area contributed by atoms with E-state index in [0.717, 1.165) is 32.8 Å². The summed E-state index contributed by atoms with van der Waals surface area (Å²) in [6, 6.07) is 0. The average molecular weight is 459 g/mol. The second-order valence-electron chi connectivity index (χ2n) is 7.25. The molecule has 2 aliphatic rings. The lowest BCUT2D eigenvalue weighted by Crippen LogP contribution is -2.39. The van der Waals surface area contributed by atoms with E-state index in [4.69, 9.17) is 14.6 Å². The van der Waals surface area contributed by atoms with Crippen molar-refractivity contribution in [3.05, 3.63) is 12.7 Å². The van der Waals surface area contributed by atoms with Crippen LogP contribution in [-0.2, 0) is 24.0 Å². The third-order valence-corrected chi connectivity index (χ3v) is 5.66. The average Bonchev–Trinajstić information content (AvgIpc) is 3.29. The number of aromatic nitrogens is 4. The Morgan fingerprint density at radius 2 is 2.00 bits per heavy atom. The predicted molar refractivity (Wildman–Crippen MR) is 106 cm³/mol. The molecule has 0 spiro atoms. The molecular formula is C16H25N7O7S. The number of fused-ring (bicyclic) bond motifs is 1. The Balaban J connectivity index is 1.45. The van der Waals surface area contributed by atoms with E-state index >= 15 is 0 Å². The van der Waals surface area contributed by atoms with E-state index < -0.39 is 41.5 Å². The first-order valence-electron chi connectivity index (χ1n) is 9.74. The fraction of sp³-hybridized carbons (Fsp3) is 0.688. The summed E-state index contributed by atoms with van der Waals surface area (Å²) in [5.41, 5.74) is 0.854. The van der Waals surface area contributed by atoms with Gasteiger partial charge in [-0.15, -0.1) is 0 Å². The molecule has 5 N–H and O–H groups in total. The second-order valence-corrected chi connectivity index (χ2v) is 8.47. The first-order chi connectivity index (χ1) is 14.8. The Labute approximate surface area is 178 Å². The Hall–Kier alpha value is -1.98. The van der Waals surface area contributed by atoms with Gasteiger partial charge in [0.25, 0.3) is 0 Å². The third kappa shape index (κ3) is 5.09. The van der Waals surface area contributed by atoms with Crippen molar-refractivity contribution in [2.75, 3.05) is 51.3 Å². The Bertz CT molecular complexity index is 997. The number of hydrogen-bond donors (Lipinski definition) is 4. The maximum Gasteiger partial charge on any atom is 0.333 e. The van der Waals surface area contributed by atoms with Crippen LogP contribution in [0.4, 0.5) is 5.82 Å². The lowest BCUT2D eigenvalue weighted by Gasteiger charge is -2.26. The van der Waals surface area contributed by atoms with Crippen molar-refractivity contribution in [1.82, 2.24) is 24.4 Å². The smallest absolute Gasteiger partial charge is 0.333 e. The van der Waals surface area contributed by atoms with Gasteiger partial charge in [-0.1, -0.05) is 0 Å². The van der Waals surface area contributed by atoms with Gasteiger partial charge in [-0.25, -0.2) is 20.1 Å². The molecule has 2 aliphatic heterocycles. The Morgan fingerprint density at radius 3 is 2.74 bits per heavy atom. The molecule has 0 aromatic carbocycles. The van der Waals surface area contributed by atoms with E-state index in [-0.39, 0.29) is 0 Å². The summed E-state index contributed by atoms with van der Waals surface area (Å²) in [6.45, 7) is 4.13. The van der Waals surface area contributed by atoms with Crippen LogP contribution >= 0.6 is 0 Å². The molecule has 0 aliphatic carbocycles. The third-order valence-electron chi connectivity index (χ3n) is 5.19. The lowest BCUT2D eigenvalue weighted by molar-refractivity contribution is -0.0467. The maximum atomic E-state index is 11.0. The fourth-order valence-corrected chi connectivity index (χ4v) is 3.91. The number of morpholine rings is 1. The fourth-order valence-electron chi connectivity index (χ4n) is 3.58. The summed E-state index contributed by atoms with van der Waals surface area (Å²) in [5, 5.41) is 28.7. The number of rotatable bonds is 8. The largest absolute Gasteiger partial charge is 0.387 e. The van der Waals surface area contributed by atoms with Gasteiger partial charge in [0, 0.05) is 26.2 Å². The van der Waals surface area contributed by atoms with Crippen LogP contribution < -0.4 is 10.5 Å². The van der Waals surface area contributed by atoms with Crippen molar-refractivity contribution in [3.8, 4) is 0 Å². The zero-order valence-corrected chi connectivity index (χ0v) is 17.4. The highest BCUT2D eigenvalue weighted by molar-refractivity contribution is 7.84. The van der Waals surface area contributed by atoms with E-state index in [1.807, 2.05) is 0 Å². The Morgan fingerprint density at radius 1 is 1.23 bits per heavy atom. The second kappa shape index (κ2) is 9.25. The van der Waals surface area contributed by atoms with Crippen molar-refractivity contribution < 1.29 is 32.3 Å². The number of nitrogens with one attached hydrogen (secondary N) is 1. The van der Waals surface area contributed by atoms with Gasteiger partial charge in [0.1, 0.15) is 24.6 Å². The molecule has 0 unspecified atom stereocenters. The number of aliphatic hydroxyl groups excluding tert-OH is 2. The highest BCUT2D eigenvalue weighted by Gasteiger charge is 2.45. The highest BCUT2D eigenvalue weighted by Crippen LogP contribution is 2.32. The number of nitrogens with zero attached hydrogens (tertiary/aromatic N) is 5. The predicted octanol–water partition coefficient (Wildman–Crippen LogP) is -2.59. The Kier molecular flexibility index (Phi) is 6.63. The van der Waals surface area contributed by atoms with Gasteiger partial charge in [-0.3, -0.25) is 13.7 Å². The summed E-state index contributed by atoms with van der Waals surface area (Å²) >= 11 is 0. The van der Waals surface area contributed by atoms with Crippen molar-refractivity contribution >= 4 is 27.3 Å². The van der Waals surface area contributed by atoms with Crippen LogP contribution in [0.3, 0.4) is 0 Å². The molecule has 4 rings (SSSR count). The normalized spacial score (nSPS) is 27.7. The summed E-state index contributed by atoms with van der Waals surface area (Å²) < 4.78 is 38.9. The zero-order valence-electron chi connectivity index (χ0n) is 16.6. The van der Waals surface area contributed by atoms with E-state index in [9.17, 15) is 18.6 Å². The van der Waals surface area contributed by atoms with Gasteiger partial charge in [-0.05, 0) is 0 Å². The van der Waals surface area contributed by atoms with Crippen LogP contribution in [0.2, 0.25) is 0 Å². The van der Waals surface area contributed by atoms with Crippen molar-refractivity contribution in [2.45, 2.75) is 24.5 Å². The molecule has 2 aromatic rings. The highest BCUT2D eigenvalue weighted by atomic mass is 32.2. The van der Waals surface area contributed by atoms with E-state index in [0.29, 0.717) is 23.5 Å². The monoisotopic (exact) mass is 459 g/mol. The van der Waals surface area contributed by atoms with E-state index in [1.165, 1.54) is 17.2 Å². The molecule has 14 nitrogen and oxygen atoms in total. The topological polar surface area (TPSA) is 187 Å². The van der Waals surface area contributed by atoms with E-state index in [1.54, 1.807) is 0 Å². The number of aliphatic hydroxyl groups is 2. The minimum absolute atomic E-state index is 0.383. The summed E-state index contributed by atoms with van der Waals surface area (Å²) in [6.07, 6.45) is -2.14. The standard InChI is InChI=1S/C16H25N7O7S/c17-31(26,27)29-7-10-12(24)13(25)16(30-10)23-9-21-11-14(19-8-20-15(11)23)18-1-2-22-3-5-28-6-4-22/h8-10,12-13,16,24-25H,1-7H2,(H2,17,26,27)(H,18,19,20)/t10-,12-,13-,16-/m1/s1. The first-order valence-corrected chi connectivity index (χ1v) is 11.2. The zero-order chi connectivity index (χ0) is 22.0. The summed E-state index contributed by atoms with van der Waals surface area (Å²) in [7, 11) is -4.21. The number of imidazole rings is 1. The van der Waals surface area contributed by atoms with Gasteiger partial charge in [0.15, 0.2) is 23.2 Å². The van der Waals surface area contributed by atoms with Crippen LogP contribution in [-0.4, -0.2) is 107 Å². The lowest BCUT2D eigenvalue weighted by atomic mass is 10.1. The molecule has 172 valence electrons. The number of ether oxygens (including phenoxy) is 2. The van der Waals surface area contributed by atoms with Gasteiger partial charge in [-0.2, -0.15) is 8.42 Å². The molecule has 15 heteroatoms. The van der Waals surface area contributed by atoms with Crippen LogP contribution in [0.25, 0.3) is 11.2 Å². The molecule has 2 fully saturated rings. The van der Waals surface area contributed by atoms with Gasteiger partial charge in [0.2, 0.25) is 0 Å². The van der Waals surface area contributed by atoms with Gasteiger partial charge >= 0.3 is 10.3 Å². The number of anilines is 1. The molecular weight excluding hydrogens is 434 g/mol. The molecule has 4 heterocycles. The van der Waals surface area contributed by atoms with Gasteiger partial charge in [0.05, 0.1) is 26.1 Å². The molecule has 2 aromatic heterocycles. The molecule has 0 saturated carbocycles. The number of nitrogens with two attached hydrogens (primary N) is 1. The van der Waals surface area contributed by atoms with E-state index in [2.05, 4.69) is 29.4 Å². The van der Waals surface area contributed by atoms with Gasteiger partial charge < -0.3 is 25.0 Å². The molecule has 2 saturated heterocycles. The molecule has 0 bridgehead atoms. The van der Waals surface area contributed by atoms with Crippen LogP contribution in [0.15, 0.2) is 12.7 Å². The minimum Gasteiger partial charge on any atom is -0.387 e. The molecule has 31 heavy (non-hydrogen) atoms. The van der Waals surface area contributed by atoms with Crippen LogP contribution in [0.5, 0.6) is 0 Å². The summed E-state index contributed by atoms with van der Waals surface area (Å²) in [4.78, 5) is 15.1. The van der Waals surface area contributed by atoms with Crippen molar-refractivity contribution in [1.29, 1.82) is 0 Å². The van der Waals surface area contributed by atoms with Crippen molar-refractivity contribution in [3.63, 3.8) is 0 Å². The van der Waals surface area contributed by atoms with Crippen LogP contribution in [0, 0.1) is 0 Å². The first kappa shape index (κ1) is 22.2. The molecule has 0 amide bonds. The van der Waals surface area contributed by atoms with Crippen LogP contribution in [0.1, 0.15) is 6.23 Å². The molecule has 4 atom stereocenters. The SMILES string of the molecule is NS(=O)(=O)OC[C@H]1O[C@@H](n2cnc3c(NCCN4CCOCC4)ncnc32)[C@H](O)[C@@H]1O. The van der Waals surface area contributed by atoms with Crippen molar-refractivity contribution in [2.24, 2.45) is 5.14 Å². The molecule has 0 radical (unpaired) electrons. The number of hydrogen-bond acceptors (Lipinski definition) is 12. The quantitative estimate of drug-likeness (QED) is 0.323. The summed E-state index contributed by atoms with van der Waals surface area (Å²) in [5.74, 6) is 0.527. The maximum absolute atomic E-state index is 11.0. The minimum atomic E-state index is -4.21.